The van der Waals surface area contributed by atoms with Gasteiger partial charge in [-0.15, -0.1) is 0 Å². The van der Waals surface area contributed by atoms with Gasteiger partial charge in [0.2, 0.25) is 0 Å². The molecule has 100 valence electrons. The minimum Gasteiger partial charge on any atom is -0.311 e. The number of hydrogen-bond acceptors (Lipinski definition) is 1. The summed E-state index contributed by atoms with van der Waals surface area (Å²) in [4.78, 5) is 0. The highest BCUT2D eigenvalue weighted by molar-refractivity contribution is 6.30. The van der Waals surface area contributed by atoms with Gasteiger partial charge in [-0.25, -0.2) is 0 Å². The summed E-state index contributed by atoms with van der Waals surface area (Å²) in [5.41, 5.74) is 1.67. The van der Waals surface area contributed by atoms with Gasteiger partial charge in [-0.1, -0.05) is 49.9 Å². The van der Waals surface area contributed by atoms with Gasteiger partial charge in [0, 0.05) is 10.6 Å². The van der Waals surface area contributed by atoms with Crippen molar-refractivity contribution in [2.24, 2.45) is 0 Å². The first-order valence-corrected chi connectivity index (χ1v) is 7.61. The summed E-state index contributed by atoms with van der Waals surface area (Å²) in [5, 5.41) is 4.68. The van der Waals surface area contributed by atoms with Gasteiger partial charge in [0.15, 0.2) is 0 Å². The van der Waals surface area contributed by atoms with Crippen molar-refractivity contribution in [3.63, 3.8) is 0 Å². The van der Waals surface area contributed by atoms with Crippen LogP contribution in [0.5, 0.6) is 0 Å². The predicted molar refractivity (Wildman–Crippen MR) is 79.3 cm³/mol. The van der Waals surface area contributed by atoms with Gasteiger partial charge >= 0.3 is 0 Å². The van der Waals surface area contributed by atoms with E-state index < -0.39 is 0 Å². The Hall–Kier alpha value is -0.530. The molecule has 1 aliphatic heterocycles. The largest absolute Gasteiger partial charge is 0.311 e. The summed E-state index contributed by atoms with van der Waals surface area (Å²) in [5.74, 6) is 0. The molecule has 0 amide bonds. The Balaban J connectivity index is 2.13. The van der Waals surface area contributed by atoms with E-state index in [1.54, 1.807) is 0 Å². The highest BCUT2D eigenvalue weighted by Gasteiger charge is 2.29. The van der Waals surface area contributed by atoms with Crippen LogP contribution >= 0.6 is 11.6 Å². The fourth-order valence-corrected chi connectivity index (χ4v) is 3.39. The molecule has 1 saturated heterocycles. The normalized spacial score (nSPS) is 24.8. The Morgan fingerprint density at radius 1 is 1.28 bits per heavy atom. The number of hydrogen-bond donors (Lipinski definition) is 1. The molecule has 1 aromatic carbocycles. The van der Waals surface area contributed by atoms with E-state index in [2.05, 4.69) is 30.4 Å². The Kier molecular flexibility index (Phi) is 5.08. The average molecular weight is 266 g/mol. The van der Waals surface area contributed by atoms with Crippen molar-refractivity contribution in [3.05, 3.63) is 34.9 Å². The second-order valence-corrected chi connectivity index (χ2v) is 6.01. The molecule has 0 saturated carbocycles. The molecular formula is C16H24ClN. The van der Waals surface area contributed by atoms with E-state index in [0.29, 0.717) is 5.54 Å². The maximum atomic E-state index is 6.10. The molecular weight excluding hydrogens is 242 g/mol. The fraction of sp³-hybridized carbons (Fsp3) is 0.625. The molecule has 0 radical (unpaired) electrons. The molecule has 1 atom stereocenters. The van der Waals surface area contributed by atoms with Crippen LogP contribution in [-0.2, 0) is 6.42 Å². The van der Waals surface area contributed by atoms with Crippen molar-refractivity contribution >= 4 is 11.6 Å². The van der Waals surface area contributed by atoms with Crippen LogP contribution in [0.4, 0.5) is 0 Å². The van der Waals surface area contributed by atoms with Gasteiger partial charge in [-0.2, -0.15) is 0 Å². The summed E-state index contributed by atoms with van der Waals surface area (Å²) < 4.78 is 0. The zero-order valence-electron chi connectivity index (χ0n) is 11.3. The highest BCUT2D eigenvalue weighted by atomic mass is 35.5. The highest BCUT2D eigenvalue weighted by Crippen LogP contribution is 2.28. The quantitative estimate of drug-likeness (QED) is 0.840. The molecule has 18 heavy (non-hydrogen) atoms. The van der Waals surface area contributed by atoms with Crippen molar-refractivity contribution in [3.8, 4) is 0 Å². The first kappa shape index (κ1) is 13.9. The minimum atomic E-state index is 0.302. The van der Waals surface area contributed by atoms with E-state index in [9.17, 15) is 0 Å². The molecule has 2 rings (SSSR count). The first-order valence-electron chi connectivity index (χ1n) is 7.24. The Morgan fingerprint density at radius 2 is 2.17 bits per heavy atom. The summed E-state index contributed by atoms with van der Waals surface area (Å²) in [6.45, 7) is 3.45. The minimum absolute atomic E-state index is 0.302. The Morgan fingerprint density at radius 3 is 2.94 bits per heavy atom. The molecule has 1 heterocycles. The van der Waals surface area contributed by atoms with E-state index in [1.807, 2.05) is 6.07 Å². The fourth-order valence-electron chi connectivity index (χ4n) is 3.18. The van der Waals surface area contributed by atoms with Crippen LogP contribution in [0.3, 0.4) is 0 Å². The summed E-state index contributed by atoms with van der Waals surface area (Å²) in [6.07, 6.45) is 8.96. The molecule has 1 nitrogen and oxygen atoms in total. The lowest BCUT2D eigenvalue weighted by Crippen LogP contribution is -2.46. The monoisotopic (exact) mass is 265 g/mol. The molecule has 0 bridgehead atoms. The van der Waals surface area contributed by atoms with Gasteiger partial charge in [0.1, 0.15) is 0 Å². The van der Waals surface area contributed by atoms with Crippen LogP contribution in [0.25, 0.3) is 0 Å². The molecule has 1 aromatic rings. The summed E-state index contributed by atoms with van der Waals surface area (Å²) in [6, 6.07) is 8.34. The van der Waals surface area contributed by atoms with Crippen LogP contribution in [0.2, 0.25) is 5.02 Å². The third-order valence-electron chi connectivity index (χ3n) is 3.99. The van der Waals surface area contributed by atoms with E-state index in [-0.39, 0.29) is 0 Å². The summed E-state index contributed by atoms with van der Waals surface area (Å²) in [7, 11) is 0. The van der Waals surface area contributed by atoms with Crippen molar-refractivity contribution in [2.45, 2.75) is 57.4 Å². The van der Waals surface area contributed by atoms with E-state index >= 15 is 0 Å². The van der Waals surface area contributed by atoms with Gasteiger partial charge in [-0.05, 0) is 49.9 Å². The van der Waals surface area contributed by atoms with Crippen LogP contribution in [-0.4, -0.2) is 12.1 Å². The topological polar surface area (TPSA) is 12.0 Å². The maximum absolute atomic E-state index is 6.10. The summed E-state index contributed by atoms with van der Waals surface area (Å²) >= 11 is 6.10. The van der Waals surface area contributed by atoms with Gasteiger partial charge in [0.25, 0.3) is 0 Å². The third kappa shape index (κ3) is 3.73. The average Bonchev–Trinajstić information content (AvgIpc) is 2.55. The van der Waals surface area contributed by atoms with Crippen molar-refractivity contribution < 1.29 is 0 Å². The van der Waals surface area contributed by atoms with E-state index in [4.69, 9.17) is 11.6 Å². The number of halogens is 1. The van der Waals surface area contributed by atoms with Crippen molar-refractivity contribution in [2.75, 3.05) is 6.54 Å². The van der Waals surface area contributed by atoms with Gasteiger partial charge < -0.3 is 5.32 Å². The third-order valence-corrected chi connectivity index (χ3v) is 4.23. The second kappa shape index (κ2) is 6.58. The SMILES string of the molecule is CCCC1(Cc2cccc(Cl)c2)CCCCCN1. The molecule has 1 aliphatic rings. The predicted octanol–water partition coefficient (Wildman–Crippen LogP) is 4.59. The molecule has 0 spiro atoms. The van der Waals surface area contributed by atoms with Crippen LogP contribution < -0.4 is 5.32 Å². The van der Waals surface area contributed by atoms with Crippen LogP contribution in [0.15, 0.2) is 24.3 Å². The van der Waals surface area contributed by atoms with E-state index in [0.717, 1.165) is 11.4 Å². The zero-order valence-corrected chi connectivity index (χ0v) is 12.1. The second-order valence-electron chi connectivity index (χ2n) is 5.57. The van der Waals surface area contributed by atoms with Gasteiger partial charge in [-0.3, -0.25) is 0 Å². The molecule has 0 aromatic heterocycles. The lowest BCUT2D eigenvalue weighted by molar-refractivity contribution is 0.288. The van der Waals surface area contributed by atoms with Gasteiger partial charge in [0.05, 0.1) is 0 Å². The molecule has 1 fully saturated rings. The lowest BCUT2D eigenvalue weighted by atomic mass is 9.83. The van der Waals surface area contributed by atoms with Crippen LogP contribution in [0.1, 0.15) is 51.0 Å². The maximum Gasteiger partial charge on any atom is 0.0408 e. The number of rotatable bonds is 4. The Labute approximate surface area is 116 Å². The first-order chi connectivity index (χ1) is 8.74. The zero-order chi connectivity index (χ0) is 12.8. The number of nitrogens with one attached hydrogen (secondary N) is 1. The van der Waals surface area contributed by atoms with Crippen LogP contribution in [0, 0.1) is 0 Å². The molecule has 1 N–H and O–H groups in total. The Bertz CT molecular complexity index is 367. The number of benzene rings is 1. The molecule has 0 aliphatic carbocycles. The smallest absolute Gasteiger partial charge is 0.0408 e. The van der Waals surface area contributed by atoms with E-state index in [1.165, 1.54) is 50.6 Å². The molecule has 1 unspecified atom stereocenters. The van der Waals surface area contributed by atoms with Crippen molar-refractivity contribution in [1.29, 1.82) is 0 Å². The van der Waals surface area contributed by atoms with Crippen molar-refractivity contribution in [1.82, 2.24) is 5.32 Å². The lowest BCUT2D eigenvalue weighted by Gasteiger charge is -2.34. The molecule has 2 heteroatoms. The standard InChI is InChI=1S/C16H24ClN/c1-2-9-16(10-4-3-5-11-18-16)13-14-7-6-8-15(17)12-14/h6-8,12,18H,2-5,9-11,13H2,1H3.